The van der Waals surface area contributed by atoms with Gasteiger partial charge in [-0.15, -0.1) is 0 Å². The topological polar surface area (TPSA) is 56.2 Å². The summed E-state index contributed by atoms with van der Waals surface area (Å²) in [5, 5.41) is 0.995. The number of rotatable bonds is 6. The molecule has 1 aromatic carbocycles. The Morgan fingerprint density at radius 2 is 2.00 bits per heavy atom. The van der Waals surface area contributed by atoms with Crippen LogP contribution < -0.4 is 5.73 Å². The van der Waals surface area contributed by atoms with Gasteiger partial charge >= 0.3 is 0 Å². The summed E-state index contributed by atoms with van der Waals surface area (Å²) in [6, 6.07) is 7.79. The lowest BCUT2D eigenvalue weighted by atomic mass is 9.83. The lowest BCUT2D eigenvalue weighted by Gasteiger charge is -2.22. The van der Waals surface area contributed by atoms with Crippen LogP contribution in [0.15, 0.2) is 28.7 Å². The molecule has 2 rings (SSSR count). The van der Waals surface area contributed by atoms with Crippen molar-refractivity contribution in [2.75, 3.05) is 6.54 Å². The smallest absolute Gasteiger partial charge is 0.198 e. The summed E-state index contributed by atoms with van der Waals surface area (Å²) in [5.74, 6) is 0.540. The maximum absolute atomic E-state index is 12.2. The van der Waals surface area contributed by atoms with Gasteiger partial charge in [-0.25, -0.2) is 0 Å². The van der Waals surface area contributed by atoms with Crippen LogP contribution in [0.3, 0.4) is 0 Å². The van der Waals surface area contributed by atoms with Crippen molar-refractivity contribution in [2.45, 2.75) is 40.0 Å². The normalized spacial score (nSPS) is 12.0. The number of aryl methyl sites for hydroxylation is 1. The zero-order chi connectivity index (χ0) is 14.8. The van der Waals surface area contributed by atoms with Crippen molar-refractivity contribution in [1.82, 2.24) is 0 Å². The average molecular weight is 273 g/mol. The summed E-state index contributed by atoms with van der Waals surface area (Å²) in [6.07, 6.45) is 2.27. The molecule has 0 atom stereocenters. The molecule has 0 unspecified atom stereocenters. The summed E-state index contributed by atoms with van der Waals surface area (Å²) in [5.41, 5.74) is 7.64. The van der Waals surface area contributed by atoms with Gasteiger partial charge in [0.05, 0.1) is 0 Å². The lowest BCUT2D eigenvalue weighted by Crippen LogP contribution is -2.18. The van der Waals surface area contributed by atoms with Gasteiger partial charge in [-0.05, 0) is 49.9 Å². The molecule has 2 N–H and O–H groups in total. The highest BCUT2D eigenvalue weighted by atomic mass is 16.3. The molecule has 1 heterocycles. The van der Waals surface area contributed by atoms with Crippen LogP contribution in [0, 0.1) is 12.3 Å². The van der Waals surface area contributed by atoms with Gasteiger partial charge in [-0.3, -0.25) is 4.79 Å². The first kappa shape index (κ1) is 14.8. The van der Waals surface area contributed by atoms with E-state index in [1.165, 1.54) is 5.56 Å². The number of carbonyl (C=O) groups is 1. The SMILES string of the molecule is Cc1ccc2oc(C(=O)CCC(C)(C)CCN)cc2c1. The van der Waals surface area contributed by atoms with E-state index in [0.29, 0.717) is 18.7 Å². The van der Waals surface area contributed by atoms with Crippen LogP contribution in [0.2, 0.25) is 0 Å². The molecule has 2 aromatic rings. The fourth-order valence-corrected chi connectivity index (χ4v) is 2.39. The number of fused-ring (bicyclic) bond motifs is 1. The van der Waals surface area contributed by atoms with E-state index < -0.39 is 0 Å². The summed E-state index contributed by atoms with van der Waals surface area (Å²) in [7, 11) is 0. The van der Waals surface area contributed by atoms with Crippen molar-refractivity contribution in [3.63, 3.8) is 0 Å². The van der Waals surface area contributed by atoms with E-state index >= 15 is 0 Å². The lowest BCUT2D eigenvalue weighted by molar-refractivity contribution is 0.0936. The van der Waals surface area contributed by atoms with E-state index in [9.17, 15) is 4.79 Å². The van der Waals surface area contributed by atoms with Crippen molar-refractivity contribution in [1.29, 1.82) is 0 Å². The number of carbonyl (C=O) groups excluding carboxylic acids is 1. The first-order chi connectivity index (χ1) is 9.41. The Morgan fingerprint density at radius 1 is 1.25 bits per heavy atom. The van der Waals surface area contributed by atoms with Gasteiger partial charge < -0.3 is 10.2 Å². The molecule has 0 aliphatic carbocycles. The minimum absolute atomic E-state index is 0.0731. The average Bonchev–Trinajstić information content (AvgIpc) is 2.79. The van der Waals surface area contributed by atoms with Gasteiger partial charge in [0.15, 0.2) is 11.5 Å². The number of hydrogen-bond acceptors (Lipinski definition) is 3. The van der Waals surface area contributed by atoms with E-state index in [0.717, 1.165) is 23.8 Å². The largest absolute Gasteiger partial charge is 0.453 e. The molecule has 0 aliphatic heterocycles. The quantitative estimate of drug-likeness (QED) is 0.807. The molecule has 108 valence electrons. The molecule has 0 saturated heterocycles. The minimum atomic E-state index is 0.0731. The Morgan fingerprint density at radius 3 is 2.70 bits per heavy atom. The van der Waals surface area contributed by atoms with E-state index in [1.807, 2.05) is 31.2 Å². The third-order valence-corrected chi connectivity index (χ3v) is 3.80. The van der Waals surface area contributed by atoms with Crippen molar-refractivity contribution >= 4 is 16.8 Å². The van der Waals surface area contributed by atoms with Gasteiger partial charge in [-0.2, -0.15) is 0 Å². The van der Waals surface area contributed by atoms with Gasteiger partial charge in [0, 0.05) is 11.8 Å². The maximum atomic E-state index is 12.2. The standard InChI is InChI=1S/C17H23NO2/c1-12-4-5-15-13(10-12)11-16(20-15)14(19)6-7-17(2,3)8-9-18/h4-5,10-11H,6-9,18H2,1-3H3. The second-order valence-corrected chi connectivity index (χ2v) is 6.28. The second kappa shape index (κ2) is 5.80. The number of furan rings is 1. The van der Waals surface area contributed by atoms with Gasteiger partial charge in [-0.1, -0.05) is 25.5 Å². The van der Waals surface area contributed by atoms with Crippen LogP contribution >= 0.6 is 0 Å². The molecule has 0 radical (unpaired) electrons. The zero-order valence-electron chi connectivity index (χ0n) is 12.5. The number of Topliss-reactive ketones (excluding diaryl/α,β-unsaturated/α-hetero) is 1. The molecule has 0 bridgehead atoms. The highest BCUT2D eigenvalue weighted by molar-refractivity contribution is 5.97. The van der Waals surface area contributed by atoms with Gasteiger partial charge in [0.1, 0.15) is 5.58 Å². The van der Waals surface area contributed by atoms with Crippen molar-refractivity contribution in [2.24, 2.45) is 11.1 Å². The minimum Gasteiger partial charge on any atom is -0.453 e. The van der Waals surface area contributed by atoms with Crippen LogP contribution in [0.25, 0.3) is 11.0 Å². The Labute approximate surface area is 120 Å². The molecular formula is C17H23NO2. The Hall–Kier alpha value is -1.61. The number of nitrogens with two attached hydrogens (primary N) is 1. The molecule has 0 aliphatic rings. The van der Waals surface area contributed by atoms with Crippen molar-refractivity contribution < 1.29 is 9.21 Å². The fraction of sp³-hybridized carbons (Fsp3) is 0.471. The van der Waals surface area contributed by atoms with Crippen LogP contribution in [0.5, 0.6) is 0 Å². The third-order valence-electron chi connectivity index (χ3n) is 3.80. The molecule has 0 saturated carbocycles. The van der Waals surface area contributed by atoms with E-state index in [2.05, 4.69) is 13.8 Å². The van der Waals surface area contributed by atoms with E-state index in [4.69, 9.17) is 10.2 Å². The molecule has 20 heavy (non-hydrogen) atoms. The number of benzene rings is 1. The number of hydrogen-bond donors (Lipinski definition) is 1. The van der Waals surface area contributed by atoms with Crippen LogP contribution in [-0.4, -0.2) is 12.3 Å². The zero-order valence-corrected chi connectivity index (χ0v) is 12.5. The predicted molar refractivity (Wildman–Crippen MR) is 82.0 cm³/mol. The maximum Gasteiger partial charge on any atom is 0.198 e. The Kier molecular flexibility index (Phi) is 4.29. The van der Waals surface area contributed by atoms with Gasteiger partial charge in [0.2, 0.25) is 0 Å². The first-order valence-corrected chi connectivity index (χ1v) is 7.15. The van der Waals surface area contributed by atoms with E-state index in [1.54, 1.807) is 0 Å². The summed E-state index contributed by atoms with van der Waals surface area (Å²) in [4.78, 5) is 12.2. The second-order valence-electron chi connectivity index (χ2n) is 6.28. The highest BCUT2D eigenvalue weighted by Crippen LogP contribution is 2.28. The molecule has 3 heteroatoms. The fourth-order valence-electron chi connectivity index (χ4n) is 2.39. The number of ketones is 1. The third kappa shape index (κ3) is 3.48. The van der Waals surface area contributed by atoms with E-state index in [-0.39, 0.29) is 11.2 Å². The first-order valence-electron chi connectivity index (χ1n) is 7.15. The predicted octanol–water partition coefficient (Wildman–Crippen LogP) is 4.08. The summed E-state index contributed by atoms with van der Waals surface area (Å²) in [6.45, 7) is 6.98. The Balaban J connectivity index is 2.08. The Bertz CT molecular complexity index is 610. The highest BCUT2D eigenvalue weighted by Gasteiger charge is 2.20. The molecule has 0 fully saturated rings. The molecule has 3 nitrogen and oxygen atoms in total. The van der Waals surface area contributed by atoms with Crippen molar-refractivity contribution in [3.8, 4) is 0 Å². The van der Waals surface area contributed by atoms with Crippen LogP contribution in [-0.2, 0) is 0 Å². The van der Waals surface area contributed by atoms with Crippen LogP contribution in [0.4, 0.5) is 0 Å². The van der Waals surface area contributed by atoms with Crippen molar-refractivity contribution in [3.05, 3.63) is 35.6 Å². The van der Waals surface area contributed by atoms with Gasteiger partial charge in [0.25, 0.3) is 0 Å². The molecular weight excluding hydrogens is 250 g/mol. The molecule has 0 amide bonds. The monoisotopic (exact) mass is 273 g/mol. The summed E-state index contributed by atoms with van der Waals surface area (Å²) >= 11 is 0. The van der Waals surface area contributed by atoms with Crippen LogP contribution in [0.1, 0.15) is 49.2 Å². The molecule has 1 aromatic heterocycles. The summed E-state index contributed by atoms with van der Waals surface area (Å²) < 4.78 is 5.64. The molecule has 0 spiro atoms.